The van der Waals surface area contributed by atoms with Crippen LogP contribution in [0.3, 0.4) is 0 Å². The number of nitrogens with zero attached hydrogens (tertiary/aromatic N) is 2. The summed E-state index contributed by atoms with van der Waals surface area (Å²) >= 11 is 6.06. The van der Waals surface area contributed by atoms with Crippen molar-refractivity contribution in [2.45, 2.75) is 50.7 Å². The van der Waals surface area contributed by atoms with Crippen LogP contribution in [0, 0.1) is 5.82 Å². The van der Waals surface area contributed by atoms with Gasteiger partial charge in [0.15, 0.2) is 11.5 Å². The van der Waals surface area contributed by atoms with Gasteiger partial charge in [0.05, 0.1) is 24.8 Å². The number of ether oxygens (including phenoxy) is 2. The molecule has 0 unspecified atom stereocenters. The Hall–Kier alpha value is -3.83. The predicted octanol–water partition coefficient (Wildman–Crippen LogP) is 5.02. The topological polar surface area (TPSA) is 105 Å². The van der Waals surface area contributed by atoms with Crippen LogP contribution < -0.4 is 19.1 Å². The molecule has 3 rings (SSSR count). The fraction of sp³-hybridized carbons (Fsp3) is 0.333. The van der Waals surface area contributed by atoms with Gasteiger partial charge in [-0.3, -0.25) is 13.9 Å². The van der Waals surface area contributed by atoms with Crippen LogP contribution in [0.4, 0.5) is 10.1 Å². The van der Waals surface area contributed by atoms with Gasteiger partial charge in [-0.1, -0.05) is 29.8 Å². The normalized spacial score (nSPS) is 12.3. The molecule has 9 nitrogen and oxygen atoms in total. The number of amides is 2. The minimum atomic E-state index is -4.38. The molecule has 0 aliphatic heterocycles. The second kappa shape index (κ2) is 13.4. The maximum atomic E-state index is 14.7. The van der Waals surface area contributed by atoms with Crippen molar-refractivity contribution in [3.8, 4) is 11.5 Å². The predicted molar refractivity (Wildman–Crippen MR) is 160 cm³/mol. The van der Waals surface area contributed by atoms with E-state index in [1.807, 2.05) is 0 Å². The summed E-state index contributed by atoms with van der Waals surface area (Å²) in [5.41, 5.74) is -0.285. The van der Waals surface area contributed by atoms with Gasteiger partial charge in [0.25, 0.3) is 10.0 Å². The lowest BCUT2D eigenvalue weighted by molar-refractivity contribution is -0.140. The fourth-order valence-electron chi connectivity index (χ4n) is 4.11. The summed E-state index contributed by atoms with van der Waals surface area (Å²) in [7, 11) is -1.58. The van der Waals surface area contributed by atoms with Gasteiger partial charge in [0, 0.05) is 28.7 Å². The Balaban J connectivity index is 2.09. The molecule has 2 amide bonds. The van der Waals surface area contributed by atoms with Crippen molar-refractivity contribution >= 4 is 39.1 Å². The second-order valence-electron chi connectivity index (χ2n) is 10.5. The monoisotopic (exact) mass is 619 g/mol. The van der Waals surface area contributed by atoms with Crippen LogP contribution in [0.5, 0.6) is 11.5 Å². The zero-order chi connectivity index (χ0) is 31.2. The van der Waals surface area contributed by atoms with Crippen LogP contribution in [0.15, 0.2) is 71.6 Å². The number of carbonyl (C=O) groups is 2. The molecular weight excluding hydrogens is 585 g/mol. The van der Waals surface area contributed by atoms with E-state index in [0.29, 0.717) is 10.8 Å². The molecule has 0 radical (unpaired) electrons. The van der Waals surface area contributed by atoms with Gasteiger partial charge >= 0.3 is 0 Å². The molecule has 0 fully saturated rings. The zero-order valence-electron chi connectivity index (χ0n) is 24.4. The summed E-state index contributed by atoms with van der Waals surface area (Å²) in [6.45, 7) is 5.92. The first kappa shape index (κ1) is 32.7. The van der Waals surface area contributed by atoms with Crippen molar-refractivity contribution in [3.63, 3.8) is 0 Å². The third-order valence-corrected chi connectivity index (χ3v) is 8.32. The van der Waals surface area contributed by atoms with E-state index < -0.39 is 45.8 Å². The maximum Gasteiger partial charge on any atom is 0.264 e. The Morgan fingerprint density at radius 3 is 2.17 bits per heavy atom. The largest absolute Gasteiger partial charge is 0.493 e. The summed E-state index contributed by atoms with van der Waals surface area (Å²) in [6, 6.07) is 14.8. The molecule has 0 aromatic heterocycles. The van der Waals surface area contributed by atoms with Crippen molar-refractivity contribution in [1.82, 2.24) is 10.2 Å². The molecule has 0 aliphatic carbocycles. The molecule has 226 valence electrons. The van der Waals surface area contributed by atoms with Crippen LogP contribution in [-0.2, 0) is 26.2 Å². The van der Waals surface area contributed by atoms with Crippen LogP contribution in [0.2, 0.25) is 5.02 Å². The number of carbonyl (C=O) groups excluding carboxylic acids is 2. The Morgan fingerprint density at radius 2 is 1.60 bits per heavy atom. The Bertz CT molecular complexity index is 1530. The van der Waals surface area contributed by atoms with E-state index >= 15 is 0 Å². The van der Waals surface area contributed by atoms with E-state index in [4.69, 9.17) is 21.1 Å². The quantitative estimate of drug-likeness (QED) is 0.323. The maximum absolute atomic E-state index is 14.7. The van der Waals surface area contributed by atoms with E-state index in [1.165, 1.54) is 81.8 Å². The average Bonchev–Trinajstić information content (AvgIpc) is 2.94. The number of nitrogens with one attached hydrogen (secondary N) is 1. The van der Waals surface area contributed by atoms with E-state index in [1.54, 1.807) is 26.8 Å². The zero-order valence-corrected chi connectivity index (χ0v) is 25.9. The minimum absolute atomic E-state index is 0.153. The third kappa shape index (κ3) is 7.92. The molecule has 3 aromatic rings. The van der Waals surface area contributed by atoms with Gasteiger partial charge < -0.3 is 19.7 Å². The van der Waals surface area contributed by atoms with Gasteiger partial charge in [-0.15, -0.1) is 0 Å². The highest BCUT2D eigenvalue weighted by molar-refractivity contribution is 7.92. The minimum Gasteiger partial charge on any atom is -0.493 e. The number of sulfonamides is 1. The van der Waals surface area contributed by atoms with Crippen LogP contribution in [-0.4, -0.2) is 57.5 Å². The molecule has 12 heteroatoms. The number of halogens is 2. The van der Waals surface area contributed by atoms with Crippen molar-refractivity contribution in [2.75, 3.05) is 25.1 Å². The van der Waals surface area contributed by atoms with E-state index in [0.717, 1.165) is 9.21 Å². The number of methoxy groups -OCH3 is 2. The summed E-state index contributed by atoms with van der Waals surface area (Å²) in [5, 5.41) is 3.19. The number of benzene rings is 3. The van der Waals surface area contributed by atoms with Crippen molar-refractivity contribution in [1.29, 1.82) is 0 Å². The second-order valence-corrected chi connectivity index (χ2v) is 12.8. The molecule has 0 saturated heterocycles. The highest BCUT2D eigenvalue weighted by atomic mass is 35.5. The summed E-state index contributed by atoms with van der Waals surface area (Å²) in [4.78, 5) is 28.1. The van der Waals surface area contributed by atoms with Crippen LogP contribution >= 0.6 is 11.6 Å². The average molecular weight is 620 g/mol. The van der Waals surface area contributed by atoms with E-state index in [2.05, 4.69) is 5.32 Å². The molecule has 0 aliphatic rings. The van der Waals surface area contributed by atoms with Crippen LogP contribution in [0.1, 0.15) is 33.3 Å². The first-order chi connectivity index (χ1) is 19.7. The molecule has 1 atom stereocenters. The molecule has 3 aromatic carbocycles. The number of hydrogen-bond acceptors (Lipinski definition) is 6. The molecular formula is C30H35ClFN3O6S. The van der Waals surface area contributed by atoms with Crippen molar-refractivity contribution in [2.24, 2.45) is 0 Å². The van der Waals surface area contributed by atoms with Gasteiger partial charge in [0.2, 0.25) is 11.8 Å². The number of anilines is 1. The molecule has 42 heavy (non-hydrogen) atoms. The SMILES string of the molecule is COc1ccc(S(=O)(=O)N(CC(=O)N(Cc2ccccc2F)[C@@H](C)C(=O)NC(C)(C)C)c2ccc(Cl)cc2)cc1OC. The van der Waals surface area contributed by atoms with Gasteiger partial charge in [-0.25, -0.2) is 12.8 Å². The third-order valence-electron chi connectivity index (χ3n) is 6.30. The summed E-state index contributed by atoms with van der Waals surface area (Å²) in [5.74, 6) is -1.28. The standard InChI is InChI=1S/C30H35ClFN3O6S/c1-20(29(37)33-30(2,3)4)34(18-21-9-7-8-10-25(21)32)28(36)19-35(23-13-11-22(31)12-14-23)42(38,39)24-15-16-26(40-5)27(17-24)41-6/h7-17,20H,18-19H2,1-6H3,(H,33,37)/t20-/m0/s1. The molecule has 0 heterocycles. The lowest BCUT2D eigenvalue weighted by Crippen LogP contribution is -2.54. The fourth-order valence-corrected chi connectivity index (χ4v) is 5.66. The van der Waals surface area contributed by atoms with E-state index in [9.17, 15) is 22.4 Å². The van der Waals surface area contributed by atoms with Gasteiger partial charge in [0.1, 0.15) is 18.4 Å². The number of rotatable bonds is 11. The number of hydrogen-bond donors (Lipinski definition) is 1. The first-order valence-electron chi connectivity index (χ1n) is 13.0. The van der Waals surface area contributed by atoms with Gasteiger partial charge in [-0.05, 0) is 70.2 Å². The first-order valence-corrected chi connectivity index (χ1v) is 14.8. The lowest BCUT2D eigenvalue weighted by Gasteiger charge is -2.33. The van der Waals surface area contributed by atoms with Crippen LogP contribution in [0.25, 0.3) is 0 Å². The molecule has 0 saturated carbocycles. The van der Waals surface area contributed by atoms with Gasteiger partial charge in [-0.2, -0.15) is 0 Å². The van der Waals surface area contributed by atoms with Crippen molar-refractivity contribution in [3.05, 3.63) is 83.1 Å². The summed E-state index contributed by atoms with van der Waals surface area (Å²) in [6.07, 6.45) is 0. The van der Waals surface area contributed by atoms with Crippen molar-refractivity contribution < 1.29 is 31.9 Å². The highest BCUT2D eigenvalue weighted by Gasteiger charge is 2.34. The lowest BCUT2D eigenvalue weighted by atomic mass is 10.1. The molecule has 0 spiro atoms. The highest BCUT2D eigenvalue weighted by Crippen LogP contribution is 2.32. The van der Waals surface area contributed by atoms with E-state index in [-0.39, 0.29) is 28.4 Å². The smallest absolute Gasteiger partial charge is 0.264 e. The summed E-state index contributed by atoms with van der Waals surface area (Å²) < 4.78 is 54.2. The molecule has 1 N–H and O–H groups in total. The molecule has 0 bridgehead atoms. The Morgan fingerprint density at radius 1 is 0.976 bits per heavy atom. The Kier molecular flexibility index (Phi) is 10.5. The Labute approximate surface area is 251 Å².